The fourth-order valence-electron chi connectivity index (χ4n) is 1.79. The van der Waals surface area contributed by atoms with Crippen LogP contribution in [-0.2, 0) is 11.3 Å². The van der Waals surface area contributed by atoms with E-state index in [4.69, 9.17) is 9.47 Å². The monoisotopic (exact) mass is 295 g/mol. The van der Waals surface area contributed by atoms with Crippen molar-refractivity contribution in [2.45, 2.75) is 19.9 Å². The van der Waals surface area contributed by atoms with Gasteiger partial charge in [-0.25, -0.2) is 4.99 Å². The molecule has 0 aliphatic carbocycles. The molecular weight excluding hydrogens is 270 g/mol. The highest BCUT2D eigenvalue weighted by atomic mass is 16.5. The Kier molecular flexibility index (Phi) is 8.04. The van der Waals surface area contributed by atoms with Crippen molar-refractivity contribution in [3.05, 3.63) is 23.8 Å². The van der Waals surface area contributed by atoms with E-state index in [1.165, 1.54) is 7.11 Å². The molecule has 0 aliphatic heterocycles. The fourth-order valence-corrected chi connectivity index (χ4v) is 1.79. The molecule has 0 saturated carbocycles. The van der Waals surface area contributed by atoms with Gasteiger partial charge in [-0.05, 0) is 19.4 Å². The Morgan fingerprint density at radius 3 is 2.76 bits per heavy atom. The van der Waals surface area contributed by atoms with Crippen molar-refractivity contribution < 1.29 is 14.6 Å². The van der Waals surface area contributed by atoms with E-state index in [-0.39, 0.29) is 5.75 Å². The Morgan fingerprint density at radius 2 is 2.10 bits per heavy atom. The Bertz CT molecular complexity index is 450. The molecular formula is C15H25N3O3. The maximum atomic E-state index is 10.0. The standard InChI is InChI=1S/C15H25N3O3/c1-4-16-15(17-9-6-10-20-2)18-11-12-7-5-8-13(21-3)14(12)19/h5,7-8,19H,4,6,9-11H2,1-3H3,(H2,16,17,18). The molecule has 0 aliphatic rings. The first-order valence-electron chi connectivity index (χ1n) is 7.08. The molecule has 0 spiro atoms. The van der Waals surface area contributed by atoms with Gasteiger partial charge in [0.2, 0.25) is 0 Å². The number of methoxy groups -OCH3 is 2. The van der Waals surface area contributed by atoms with Crippen LogP contribution in [0.3, 0.4) is 0 Å². The van der Waals surface area contributed by atoms with Gasteiger partial charge in [0.25, 0.3) is 0 Å². The van der Waals surface area contributed by atoms with Gasteiger partial charge in [-0.15, -0.1) is 0 Å². The van der Waals surface area contributed by atoms with Gasteiger partial charge in [0, 0.05) is 32.4 Å². The number of nitrogens with one attached hydrogen (secondary N) is 2. The van der Waals surface area contributed by atoms with Crippen LogP contribution in [0.4, 0.5) is 0 Å². The van der Waals surface area contributed by atoms with E-state index in [1.807, 2.05) is 19.1 Å². The molecule has 0 amide bonds. The number of phenolic OH excluding ortho intramolecular Hbond substituents is 1. The molecule has 1 aromatic carbocycles. The van der Waals surface area contributed by atoms with Gasteiger partial charge in [0.1, 0.15) is 0 Å². The molecule has 0 heterocycles. The predicted molar refractivity (Wildman–Crippen MR) is 84.0 cm³/mol. The maximum absolute atomic E-state index is 10.0. The number of phenols is 1. The summed E-state index contributed by atoms with van der Waals surface area (Å²) in [6.45, 7) is 4.66. The Morgan fingerprint density at radius 1 is 1.29 bits per heavy atom. The molecule has 6 nitrogen and oxygen atoms in total. The summed E-state index contributed by atoms with van der Waals surface area (Å²) >= 11 is 0. The fraction of sp³-hybridized carbons (Fsp3) is 0.533. The molecule has 6 heteroatoms. The first-order chi connectivity index (χ1) is 10.2. The van der Waals surface area contributed by atoms with Crippen LogP contribution in [0.15, 0.2) is 23.2 Å². The molecule has 1 aromatic rings. The van der Waals surface area contributed by atoms with Gasteiger partial charge in [0.05, 0.1) is 13.7 Å². The van der Waals surface area contributed by atoms with Crippen molar-refractivity contribution >= 4 is 5.96 Å². The molecule has 0 bridgehead atoms. The van der Waals surface area contributed by atoms with Crippen LogP contribution < -0.4 is 15.4 Å². The second-order valence-corrected chi connectivity index (χ2v) is 4.44. The van der Waals surface area contributed by atoms with Crippen molar-refractivity contribution in [3.63, 3.8) is 0 Å². The number of nitrogens with zero attached hydrogens (tertiary/aromatic N) is 1. The van der Waals surface area contributed by atoms with E-state index in [0.717, 1.165) is 31.0 Å². The average Bonchev–Trinajstić information content (AvgIpc) is 2.50. The second-order valence-electron chi connectivity index (χ2n) is 4.44. The largest absolute Gasteiger partial charge is 0.504 e. The van der Waals surface area contributed by atoms with Crippen LogP contribution in [-0.4, -0.2) is 45.0 Å². The smallest absolute Gasteiger partial charge is 0.191 e. The molecule has 1 rings (SSSR count). The highest BCUT2D eigenvalue weighted by Crippen LogP contribution is 2.29. The molecule has 3 N–H and O–H groups in total. The van der Waals surface area contributed by atoms with Gasteiger partial charge in [-0.3, -0.25) is 0 Å². The van der Waals surface area contributed by atoms with Crippen LogP contribution in [0.25, 0.3) is 0 Å². The summed E-state index contributed by atoms with van der Waals surface area (Å²) in [5, 5.41) is 16.4. The number of guanidine groups is 1. The van der Waals surface area contributed by atoms with Crippen LogP contribution in [0.5, 0.6) is 11.5 Å². The van der Waals surface area contributed by atoms with Crippen LogP contribution in [0.2, 0.25) is 0 Å². The minimum atomic E-state index is 0.138. The summed E-state index contributed by atoms with van der Waals surface area (Å²) in [5.74, 6) is 1.32. The summed E-state index contributed by atoms with van der Waals surface area (Å²) in [6, 6.07) is 5.38. The number of para-hydroxylation sites is 1. The summed E-state index contributed by atoms with van der Waals surface area (Å²) in [6.07, 6.45) is 0.908. The van der Waals surface area contributed by atoms with Crippen molar-refractivity contribution in [1.29, 1.82) is 0 Å². The van der Waals surface area contributed by atoms with E-state index in [0.29, 0.717) is 18.9 Å². The Hall–Kier alpha value is -1.95. The third kappa shape index (κ3) is 5.91. The second kappa shape index (κ2) is 9.88. The van der Waals surface area contributed by atoms with Gasteiger partial charge < -0.3 is 25.2 Å². The quantitative estimate of drug-likeness (QED) is 0.385. The molecule has 21 heavy (non-hydrogen) atoms. The number of aliphatic imine (C=N–C) groups is 1. The molecule has 118 valence electrons. The Balaban J connectivity index is 2.64. The lowest BCUT2D eigenvalue weighted by molar-refractivity contribution is 0.195. The van der Waals surface area contributed by atoms with E-state index in [1.54, 1.807) is 13.2 Å². The number of hydrogen-bond donors (Lipinski definition) is 3. The zero-order valence-electron chi connectivity index (χ0n) is 13.0. The van der Waals surface area contributed by atoms with E-state index < -0.39 is 0 Å². The van der Waals surface area contributed by atoms with Gasteiger partial charge in [0.15, 0.2) is 17.5 Å². The van der Waals surface area contributed by atoms with Crippen LogP contribution in [0, 0.1) is 0 Å². The topological polar surface area (TPSA) is 75.1 Å². The maximum Gasteiger partial charge on any atom is 0.191 e. The highest BCUT2D eigenvalue weighted by molar-refractivity contribution is 5.79. The lowest BCUT2D eigenvalue weighted by Gasteiger charge is -2.12. The third-order valence-corrected chi connectivity index (χ3v) is 2.87. The average molecular weight is 295 g/mol. The van der Waals surface area contributed by atoms with Gasteiger partial charge >= 0.3 is 0 Å². The van der Waals surface area contributed by atoms with E-state index in [2.05, 4.69) is 15.6 Å². The first kappa shape index (κ1) is 17.1. The zero-order chi connectivity index (χ0) is 15.5. The van der Waals surface area contributed by atoms with Crippen LogP contribution in [0.1, 0.15) is 18.9 Å². The molecule has 0 aromatic heterocycles. The summed E-state index contributed by atoms with van der Waals surface area (Å²) < 4.78 is 10.1. The summed E-state index contributed by atoms with van der Waals surface area (Å²) in [5.41, 5.74) is 0.725. The zero-order valence-corrected chi connectivity index (χ0v) is 13.0. The summed E-state index contributed by atoms with van der Waals surface area (Å²) in [4.78, 5) is 4.46. The lowest BCUT2D eigenvalue weighted by Crippen LogP contribution is -2.38. The SMILES string of the molecule is CCNC(=NCc1cccc(OC)c1O)NCCCOC. The van der Waals surface area contributed by atoms with Crippen molar-refractivity contribution in [3.8, 4) is 11.5 Å². The predicted octanol–water partition coefficient (Wildman–Crippen LogP) is 1.49. The first-order valence-corrected chi connectivity index (χ1v) is 7.08. The summed E-state index contributed by atoms with van der Waals surface area (Å²) in [7, 11) is 3.22. The molecule has 0 saturated heterocycles. The number of ether oxygens (including phenoxy) is 2. The van der Waals surface area contributed by atoms with Crippen molar-refractivity contribution in [2.75, 3.05) is 33.9 Å². The van der Waals surface area contributed by atoms with E-state index >= 15 is 0 Å². The van der Waals surface area contributed by atoms with Crippen molar-refractivity contribution in [2.24, 2.45) is 4.99 Å². The molecule has 0 radical (unpaired) electrons. The van der Waals surface area contributed by atoms with Crippen molar-refractivity contribution in [1.82, 2.24) is 10.6 Å². The minimum absolute atomic E-state index is 0.138. The van der Waals surface area contributed by atoms with Crippen LogP contribution >= 0.6 is 0 Å². The van der Waals surface area contributed by atoms with Gasteiger partial charge in [-0.1, -0.05) is 12.1 Å². The number of rotatable bonds is 8. The Labute approximate surface area is 126 Å². The van der Waals surface area contributed by atoms with E-state index in [9.17, 15) is 5.11 Å². The molecule has 0 unspecified atom stereocenters. The number of aromatic hydroxyl groups is 1. The molecule has 0 atom stereocenters. The third-order valence-electron chi connectivity index (χ3n) is 2.87. The number of hydrogen-bond acceptors (Lipinski definition) is 4. The highest BCUT2D eigenvalue weighted by Gasteiger charge is 2.06. The molecule has 0 fully saturated rings. The normalized spacial score (nSPS) is 11.3. The number of benzene rings is 1. The lowest BCUT2D eigenvalue weighted by atomic mass is 10.2. The van der Waals surface area contributed by atoms with Gasteiger partial charge in [-0.2, -0.15) is 0 Å². The minimum Gasteiger partial charge on any atom is -0.504 e.